The Morgan fingerprint density at radius 1 is 1.00 bits per heavy atom. The van der Waals surface area contributed by atoms with Crippen molar-refractivity contribution in [3.8, 4) is 0 Å². The van der Waals surface area contributed by atoms with Gasteiger partial charge in [-0.2, -0.15) is 0 Å². The van der Waals surface area contributed by atoms with Crippen molar-refractivity contribution >= 4 is 22.8 Å². The SMILES string of the molecule is CCN(CC)C(=O)N[C@@H](Cc1c[nH]c2ccccc12)C(=O)NCc1ccccc1. The van der Waals surface area contributed by atoms with Gasteiger partial charge in [0, 0.05) is 43.2 Å². The highest BCUT2D eigenvalue weighted by atomic mass is 16.2. The van der Waals surface area contributed by atoms with Crippen LogP contribution in [-0.4, -0.2) is 41.0 Å². The second-order valence-electron chi connectivity index (χ2n) is 6.94. The third kappa shape index (κ3) is 5.16. The number of aromatic nitrogens is 1. The molecule has 0 fully saturated rings. The summed E-state index contributed by atoms with van der Waals surface area (Å²) in [4.78, 5) is 30.5. The van der Waals surface area contributed by atoms with E-state index in [2.05, 4.69) is 15.6 Å². The Morgan fingerprint density at radius 2 is 1.69 bits per heavy atom. The highest BCUT2D eigenvalue weighted by Crippen LogP contribution is 2.19. The fraction of sp³-hybridized carbons (Fsp3) is 0.304. The molecule has 0 aliphatic heterocycles. The summed E-state index contributed by atoms with van der Waals surface area (Å²) >= 11 is 0. The predicted octanol–water partition coefficient (Wildman–Crippen LogP) is 3.45. The first-order valence-corrected chi connectivity index (χ1v) is 10.0. The van der Waals surface area contributed by atoms with E-state index < -0.39 is 6.04 Å². The number of carbonyl (C=O) groups is 2. The van der Waals surface area contributed by atoms with Crippen LogP contribution >= 0.6 is 0 Å². The maximum absolute atomic E-state index is 13.0. The van der Waals surface area contributed by atoms with Gasteiger partial charge in [0.25, 0.3) is 0 Å². The van der Waals surface area contributed by atoms with Crippen molar-refractivity contribution in [2.45, 2.75) is 32.9 Å². The Morgan fingerprint density at radius 3 is 2.41 bits per heavy atom. The Balaban J connectivity index is 1.76. The van der Waals surface area contributed by atoms with E-state index >= 15 is 0 Å². The first-order chi connectivity index (χ1) is 14.1. The number of carbonyl (C=O) groups excluding carboxylic acids is 2. The number of hydrogen-bond acceptors (Lipinski definition) is 2. The van der Waals surface area contributed by atoms with Crippen LogP contribution in [0.25, 0.3) is 10.9 Å². The molecule has 1 heterocycles. The first kappa shape index (κ1) is 20.5. The third-order valence-corrected chi connectivity index (χ3v) is 5.07. The summed E-state index contributed by atoms with van der Waals surface area (Å²) in [5, 5.41) is 6.94. The molecule has 0 saturated heterocycles. The zero-order chi connectivity index (χ0) is 20.6. The lowest BCUT2D eigenvalue weighted by molar-refractivity contribution is -0.123. The number of aromatic amines is 1. The molecule has 0 saturated carbocycles. The van der Waals surface area contributed by atoms with Gasteiger partial charge in [-0.15, -0.1) is 0 Å². The topological polar surface area (TPSA) is 77.2 Å². The standard InChI is InChI=1S/C23H28N4O2/c1-3-27(4-2)23(29)26-21(22(28)25-15-17-10-6-5-7-11-17)14-18-16-24-20-13-9-8-12-19(18)20/h5-13,16,21,24H,3-4,14-15H2,1-2H3,(H,25,28)(H,26,29)/t21-/m0/s1. The van der Waals surface area contributed by atoms with Crippen molar-refractivity contribution in [2.75, 3.05) is 13.1 Å². The molecule has 29 heavy (non-hydrogen) atoms. The number of rotatable bonds is 8. The molecule has 2 aromatic carbocycles. The lowest BCUT2D eigenvalue weighted by atomic mass is 10.0. The smallest absolute Gasteiger partial charge is 0.318 e. The number of H-pyrrole nitrogens is 1. The van der Waals surface area contributed by atoms with E-state index in [9.17, 15) is 9.59 Å². The average Bonchev–Trinajstić information content (AvgIpc) is 3.16. The summed E-state index contributed by atoms with van der Waals surface area (Å²) in [6.45, 7) is 5.45. The molecule has 1 aromatic heterocycles. The zero-order valence-electron chi connectivity index (χ0n) is 16.9. The molecule has 3 aromatic rings. The minimum absolute atomic E-state index is 0.195. The van der Waals surface area contributed by atoms with Gasteiger partial charge in [-0.05, 0) is 31.0 Å². The molecule has 152 valence electrons. The summed E-state index contributed by atoms with van der Waals surface area (Å²) < 4.78 is 0. The van der Waals surface area contributed by atoms with Crippen molar-refractivity contribution in [3.63, 3.8) is 0 Å². The molecule has 0 spiro atoms. The second-order valence-corrected chi connectivity index (χ2v) is 6.94. The predicted molar refractivity (Wildman–Crippen MR) is 116 cm³/mol. The molecule has 6 nitrogen and oxygen atoms in total. The quantitative estimate of drug-likeness (QED) is 0.549. The van der Waals surface area contributed by atoms with Gasteiger partial charge in [0.2, 0.25) is 5.91 Å². The molecule has 0 aliphatic carbocycles. The Bertz CT molecular complexity index is 948. The molecule has 3 amide bonds. The molecule has 3 N–H and O–H groups in total. The number of para-hydroxylation sites is 1. The van der Waals surface area contributed by atoms with Gasteiger partial charge in [-0.25, -0.2) is 4.79 Å². The summed E-state index contributed by atoms with van der Waals surface area (Å²) in [5.41, 5.74) is 3.03. The van der Waals surface area contributed by atoms with Gasteiger partial charge in [0.15, 0.2) is 0 Å². The van der Waals surface area contributed by atoms with E-state index in [0.717, 1.165) is 22.0 Å². The summed E-state index contributed by atoms with van der Waals surface area (Å²) in [5.74, 6) is -0.195. The van der Waals surface area contributed by atoms with Crippen molar-refractivity contribution in [1.82, 2.24) is 20.5 Å². The highest BCUT2D eigenvalue weighted by molar-refractivity contribution is 5.89. The van der Waals surface area contributed by atoms with Crippen LogP contribution in [0.4, 0.5) is 4.79 Å². The van der Waals surface area contributed by atoms with Gasteiger partial charge >= 0.3 is 6.03 Å². The summed E-state index contributed by atoms with van der Waals surface area (Å²) in [6.07, 6.45) is 2.32. The van der Waals surface area contributed by atoms with E-state index in [1.807, 2.05) is 74.6 Å². The fourth-order valence-corrected chi connectivity index (χ4v) is 3.39. The number of fused-ring (bicyclic) bond motifs is 1. The third-order valence-electron chi connectivity index (χ3n) is 5.07. The number of benzene rings is 2. The largest absolute Gasteiger partial charge is 0.361 e. The van der Waals surface area contributed by atoms with Crippen LogP contribution < -0.4 is 10.6 Å². The first-order valence-electron chi connectivity index (χ1n) is 10.0. The van der Waals surface area contributed by atoms with Crippen LogP contribution in [0, 0.1) is 0 Å². The molecule has 1 atom stereocenters. The average molecular weight is 393 g/mol. The van der Waals surface area contributed by atoms with E-state index in [4.69, 9.17) is 0 Å². The lowest BCUT2D eigenvalue weighted by Gasteiger charge is -2.24. The van der Waals surface area contributed by atoms with Crippen molar-refractivity contribution < 1.29 is 9.59 Å². The van der Waals surface area contributed by atoms with E-state index in [0.29, 0.717) is 26.1 Å². The van der Waals surface area contributed by atoms with Crippen LogP contribution in [0.15, 0.2) is 60.8 Å². The molecule has 0 aliphatic rings. The Labute approximate surface area is 171 Å². The van der Waals surface area contributed by atoms with Crippen molar-refractivity contribution in [1.29, 1.82) is 0 Å². The summed E-state index contributed by atoms with van der Waals surface area (Å²) in [6, 6.07) is 16.8. The molecular weight excluding hydrogens is 364 g/mol. The van der Waals surface area contributed by atoms with Crippen LogP contribution in [0.2, 0.25) is 0 Å². The number of urea groups is 1. The molecule has 3 rings (SSSR count). The van der Waals surface area contributed by atoms with Gasteiger partial charge in [0.1, 0.15) is 6.04 Å². The van der Waals surface area contributed by atoms with Gasteiger partial charge in [-0.1, -0.05) is 48.5 Å². The van der Waals surface area contributed by atoms with E-state index in [1.165, 1.54) is 0 Å². The number of nitrogens with one attached hydrogen (secondary N) is 3. The molecular formula is C23H28N4O2. The molecule has 6 heteroatoms. The molecule has 0 bridgehead atoms. The van der Waals surface area contributed by atoms with Crippen LogP contribution in [-0.2, 0) is 17.8 Å². The minimum Gasteiger partial charge on any atom is -0.361 e. The second kappa shape index (κ2) is 9.78. The van der Waals surface area contributed by atoms with Gasteiger partial charge in [0.05, 0.1) is 0 Å². The van der Waals surface area contributed by atoms with E-state index in [1.54, 1.807) is 4.90 Å². The normalized spacial score (nSPS) is 11.8. The van der Waals surface area contributed by atoms with Crippen LogP contribution in [0.3, 0.4) is 0 Å². The molecule has 0 radical (unpaired) electrons. The van der Waals surface area contributed by atoms with Crippen LogP contribution in [0.5, 0.6) is 0 Å². The fourth-order valence-electron chi connectivity index (χ4n) is 3.39. The summed E-state index contributed by atoms with van der Waals surface area (Å²) in [7, 11) is 0. The molecule has 0 unspecified atom stereocenters. The lowest BCUT2D eigenvalue weighted by Crippen LogP contribution is -2.52. The number of nitrogens with zero attached hydrogens (tertiary/aromatic N) is 1. The van der Waals surface area contributed by atoms with Crippen LogP contribution in [0.1, 0.15) is 25.0 Å². The monoisotopic (exact) mass is 392 g/mol. The van der Waals surface area contributed by atoms with Gasteiger partial charge < -0.3 is 20.5 Å². The highest BCUT2D eigenvalue weighted by Gasteiger charge is 2.24. The number of hydrogen-bond donors (Lipinski definition) is 3. The van der Waals surface area contributed by atoms with E-state index in [-0.39, 0.29) is 11.9 Å². The Hall–Kier alpha value is -3.28. The maximum Gasteiger partial charge on any atom is 0.318 e. The van der Waals surface area contributed by atoms with Crippen molar-refractivity contribution in [2.24, 2.45) is 0 Å². The van der Waals surface area contributed by atoms with Gasteiger partial charge in [-0.3, -0.25) is 4.79 Å². The number of amides is 3. The zero-order valence-corrected chi connectivity index (χ0v) is 16.9. The van der Waals surface area contributed by atoms with Crippen molar-refractivity contribution in [3.05, 3.63) is 71.9 Å². The maximum atomic E-state index is 13.0. The Kier molecular flexibility index (Phi) is 6.89. The minimum atomic E-state index is -0.661.